The molecule has 0 fully saturated rings. The van der Waals surface area contributed by atoms with E-state index < -0.39 is 5.82 Å². The van der Waals surface area contributed by atoms with E-state index in [0.29, 0.717) is 10.6 Å². The number of halogens is 1. The molecule has 0 aliphatic carbocycles. The zero-order valence-electron chi connectivity index (χ0n) is 7.29. The van der Waals surface area contributed by atoms with Crippen LogP contribution in [0.25, 0.3) is 0 Å². The molecule has 0 unspecified atom stereocenters. The molecule has 4 nitrogen and oxygen atoms in total. The smallest absolute Gasteiger partial charge is 0.244 e. The third-order valence-electron chi connectivity index (χ3n) is 1.42. The fraction of sp³-hybridized carbons (Fsp3) is 0.125. The average Bonchev–Trinajstić information content (AvgIpc) is 2.12. The van der Waals surface area contributed by atoms with Gasteiger partial charge in [0, 0.05) is 10.6 Å². The van der Waals surface area contributed by atoms with Crippen LogP contribution >= 0.6 is 11.8 Å². The summed E-state index contributed by atoms with van der Waals surface area (Å²) < 4.78 is 12.8. The van der Waals surface area contributed by atoms with Crippen molar-refractivity contribution in [1.29, 1.82) is 0 Å². The van der Waals surface area contributed by atoms with Gasteiger partial charge in [-0.2, -0.15) is 0 Å². The number of nitrogens with one attached hydrogen (secondary N) is 1. The zero-order valence-corrected chi connectivity index (χ0v) is 8.10. The van der Waals surface area contributed by atoms with Crippen molar-refractivity contribution >= 4 is 23.4 Å². The number of hydrogen-bond donors (Lipinski definition) is 3. The maximum absolute atomic E-state index is 12.8. The van der Waals surface area contributed by atoms with Crippen molar-refractivity contribution in [2.75, 3.05) is 11.5 Å². The van der Waals surface area contributed by atoms with Crippen molar-refractivity contribution in [3.05, 3.63) is 24.0 Å². The van der Waals surface area contributed by atoms with Gasteiger partial charge in [-0.1, -0.05) is 0 Å². The molecule has 0 saturated carbocycles. The van der Waals surface area contributed by atoms with E-state index in [4.69, 9.17) is 11.6 Å². The number of hydrogen-bond acceptors (Lipinski definition) is 4. The summed E-state index contributed by atoms with van der Waals surface area (Å²) in [6, 6.07) is 4.12. The summed E-state index contributed by atoms with van der Waals surface area (Å²) in [5, 5.41) is 0. The standard InChI is InChI=1S/C8H10FN3OS/c9-5-1-6(10)3-7(2-5)14-4-8(13)12-11/h1-3H,4,10-11H2,(H,12,13). The summed E-state index contributed by atoms with van der Waals surface area (Å²) in [5.41, 5.74) is 7.73. The molecule has 14 heavy (non-hydrogen) atoms. The molecule has 0 spiro atoms. The second kappa shape index (κ2) is 4.83. The molecule has 0 aliphatic heterocycles. The Morgan fingerprint density at radius 1 is 1.50 bits per heavy atom. The molecule has 76 valence electrons. The van der Waals surface area contributed by atoms with Crippen molar-refractivity contribution < 1.29 is 9.18 Å². The van der Waals surface area contributed by atoms with Gasteiger partial charge < -0.3 is 5.73 Å². The van der Waals surface area contributed by atoms with E-state index in [2.05, 4.69) is 0 Å². The lowest BCUT2D eigenvalue weighted by molar-refractivity contribution is -0.118. The Bertz CT molecular complexity index is 325. The van der Waals surface area contributed by atoms with Crippen LogP contribution in [0.5, 0.6) is 0 Å². The van der Waals surface area contributed by atoms with Crippen molar-refractivity contribution in [2.45, 2.75) is 4.90 Å². The lowest BCUT2D eigenvalue weighted by atomic mass is 10.3. The highest BCUT2D eigenvalue weighted by atomic mass is 32.2. The molecule has 1 aromatic carbocycles. The molecule has 1 aromatic rings. The largest absolute Gasteiger partial charge is 0.399 e. The number of rotatable bonds is 3. The quantitative estimate of drug-likeness (QED) is 0.225. The molecule has 0 atom stereocenters. The second-order valence-corrected chi connectivity index (χ2v) is 3.63. The van der Waals surface area contributed by atoms with Gasteiger partial charge in [0.25, 0.3) is 0 Å². The maximum atomic E-state index is 12.8. The maximum Gasteiger partial charge on any atom is 0.244 e. The predicted molar refractivity (Wildman–Crippen MR) is 53.9 cm³/mol. The average molecular weight is 215 g/mol. The van der Waals surface area contributed by atoms with E-state index in [1.165, 1.54) is 23.9 Å². The van der Waals surface area contributed by atoms with Gasteiger partial charge in [0.15, 0.2) is 0 Å². The Morgan fingerprint density at radius 2 is 2.21 bits per heavy atom. The number of anilines is 1. The summed E-state index contributed by atoms with van der Waals surface area (Å²) in [6.45, 7) is 0. The van der Waals surface area contributed by atoms with Gasteiger partial charge in [0.1, 0.15) is 5.82 Å². The van der Waals surface area contributed by atoms with E-state index in [1.807, 2.05) is 5.43 Å². The van der Waals surface area contributed by atoms with Crippen molar-refractivity contribution in [3.8, 4) is 0 Å². The van der Waals surface area contributed by atoms with E-state index in [1.54, 1.807) is 6.07 Å². The normalized spacial score (nSPS) is 9.86. The highest BCUT2D eigenvalue weighted by Gasteiger charge is 2.02. The number of carbonyl (C=O) groups is 1. The Kier molecular flexibility index (Phi) is 3.73. The lowest BCUT2D eigenvalue weighted by Gasteiger charge is -2.02. The van der Waals surface area contributed by atoms with Crippen LogP contribution in [0.2, 0.25) is 0 Å². The van der Waals surface area contributed by atoms with Gasteiger partial charge in [-0.05, 0) is 18.2 Å². The van der Waals surface area contributed by atoms with Gasteiger partial charge in [0.2, 0.25) is 5.91 Å². The number of benzene rings is 1. The first kappa shape index (κ1) is 10.8. The molecule has 0 aromatic heterocycles. The molecular formula is C8H10FN3OS. The number of nitrogens with two attached hydrogens (primary N) is 2. The minimum Gasteiger partial charge on any atom is -0.399 e. The highest BCUT2D eigenvalue weighted by molar-refractivity contribution is 8.00. The Balaban J connectivity index is 2.63. The summed E-state index contributed by atoms with van der Waals surface area (Å²) in [4.78, 5) is 11.4. The molecule has 0 bridgehead atoms. The number of carbonyl (C=O) groups excluding carboxylic acids is 1. The van der Waals surface area contributed by atoms with Gasteiger partial charge in [-0.25, -0.2) is 10.2 Å². The van der Waals surface area contributed by atoms with Crippen LogP contribution in [0.15, 0.2) is 23.1 Å². The van der Waals surface area contributed by atoms with E-state index >= 15 is 0 Å². The summed E-state index contributed by atoms with van der Waals surface area (Å²) in [6.07, 6.45) is 0. The third kappa shape index (κ3) is 3.23. The number of amides is 1. The van der Waals surface area contributed by atoms with Gasteiger partial charge in [-0.3, -0.25) is 10.2 Å². The minimum absolute atomic E-state index is 0.138. The molecule has 0 radical (unpaired) electrons. The molecule has 6 heteroatoms. The Labute approximate surface area is 84.8 Å². The van der Waals surface area contributed by atoms with Crippen molar-refractivity contribution in [2.24, 2.45) is 5.84 Å². The minimum atomic E-state index is -0.416. The zero-order chi connectivity index (χ0) is 10.6. The number of nitrogen functional groups attached to an aromatic ring is 1. The first-order chi connectivity index (χ1) is 6.61. The summed E-state index contributed by atoms with van der Waals surface area (Å²) in [7, 11) is 0. The van der Waals surface area contributed by atoms with Crippen LogP contribution < -0.4 is 17.0 Å². The fourth-order valence-corrected chi connectivity index (χ4v) is 1.65. The molecule has 5 N–H and O–H groups in total. The van der Waals surface area contributed by atoms with Gasteiger partial charge in [0.05, 0.1) is 5.75 Å². The SMILES string of the molecule is NNC(=O)CSc1cc(N)cc(F)c1. The Hall–Kier alpha value is -1.27. The molecule has 1 rings (SSSR count). The third-order valence-corrected chi connectivity index (χ3v) is 2.40. The van der Waals surface area contributed by atoms with Crippen LogP contribution in [0.4, 0.5) is 10.1 Å². The van der Waals surface area contributed by atoms with Crippen LogP contribution in [-0.4, -0.2) is 11.7 Å². The van der Waals surface area contributed by atoms with Crippen molar-refractivity contribution in [1.82, 2.24) is 5.43 Å². The van der Waals surface area contributed by atoms with Gasteiger partial charge >= 0.3 is 0 Å². The predicted octanol–water partition coefficient (Wildman–Crippen LogP) is 0.490. The Morgan fingerprint density at radius 3 is 2.79 bits per heavy atom. The lowest BCUT2D eigenvalue weighted by Crippen LogP contribution is -2.31. The van der Waals surface area contributed by atoms with E-state index in [-0.39, 0.29) is 11.7 Å². The first-order valence-corrected chi connectivity index (χ1v) is 4.78. The summed E-state index contributed by atoms with van der Waals surface area (Å²) in [5.74, 6) is 4.29. The molecule has 0 aliphatic rings. The molecular weight excluding hydrogens is 205 g/mol. The second-order valence-electron chi connectivity index (χ2n) is 2.58. The molecule has 1 amide bonds. The van der Waals surface area contributed by atoms with E-state index in [9.17, 15) is 9.18 Å². The van der Waals surface area contributed by atoms with Crippen LogP contribution in [-0.2, 0) is 4.79 Å². The first-order valence-electron chi connectivity index (χ1n) is 3.80. The fourth-order valence-electron chi connectivity index (χ4n) is 0.858. The van der Waals surface area contributed by atoms with E-state index in [0.717, 1.165) is 0 Å². The topological polar surface area (TPSA) is 81.1 Å². The highest BCUT2D eigenvalue weighted by Crippen LogP contribution is 2.21. The monoisotopic (exact) mass is 215 g/mol. The van der Waals surface area contributed by atoms with Crippen LogP contribution in [0.3, 0.4) is 0 Å². The van der Waals surface area contributed by atoms with Crippen LogP contribution in [0, 0.1) is 5.82 Å². The number of thioether (sulfide) groups is 1. The molecule has 0 saturated heterocycles. The van der Waals surface area contributed by atoms with Gasteiger partial charge in [-0.15, -0.1) is 11.8 Å². The molecule has 0 heterocycles. The summed E-state index contributed by atoms with van der Waals surface area (Å²) >= 11 is 1.17. The van der Waals surface area contributed by atoms with Crippen molar-refractivity contribution in [3.63, 3.8) is 0 Å². The van der Waals surface area contributed by atoms with Crippen LogP contribution in [0.1, 0.15) is 0 Å². The number of hydrazine groups is 1.